The second-order valence-electron chi connectivity index (χ2n) is 6.57. The molecule has 0 radical (unpaired) electrons. The second-order valence-corrected chi connectivity index (χ2v) is 8.26. The van der Waals surface area contributed by atoms with Gasteiger partial charge >= 0.3 is 0 Å². The molecule has 3 rings (SSSR count). The van der Waals surface area contributed by atoms with Gasteiger partial charge in [-0.1, -0.05) is 12.1 Å². The maximum Gasteiger partial charge on any atom is 0.261 e. The number of halogens is 2. The molecular weight excluding hydrogens is 405 g/mol. The summed E-state index contributed by atoms with van der Waals surface area (Å²) in [6.45, 7) is 4.28. The molecule has 0 saturated carbocycles. The molecule has 6 nitrogen and oxygen atoms in total. The summed E-state index contributed by atoms with van der Waals surface area (Å²) in [6.07, 6.45) is 0.273. The first-order valence-electron chi connectivity index (χ1n) is 8.73. The summed E-state index contributed by atoms with van der Waals surface area (Å²) < 4.78 is 40.0. The van der Waals surface area contributed by atoms with Crippen molar-refractivity contribution in [3.63, 3.8) is 0 Å². The molecule has 2 N–H and O–H groups in total. The third-order valence-electron chi connectivity index (χ3n) is 4.51. The van der Waals surface area contributed by atoms with Crippen LogP contribution in [0, 0.1) is 5.82 Å². The highest BCUT2D eigenvalue weighted by Crippen LogP contribution is 2.18. The van der Waals surface area contributed by atoms with Gasteiger partial charge in [0.1, 0.15) is 5.82 Å². The van der Waals surface area contributed by atoms with Crippen LogP contribution in [0.5, 0.6) is 0 Å². The zero-order valence-electron chi connectivity index (χ0n) is 15.4. The Balaban J connectivity index is 0.00000280. The van der Waals surface area contributed by atoms with Crippen LogP contribution in [0.3, 0.4) is 0 Å². The van der Waals surface area contributed by atoms with Crippen LogP contribution in [0.25, 0.3) is 0 Å². The summed E-state index contributed by atoms with van der Waals surface area (Å²) in [5.41, 5.74) is 1.20. The van der Waals surface area contributed by atoms with Gasteiger partial charge in [-0.15, -0.1) is 12.4 Å². The van der Waals surface area contributed by atoms with Gasteiger partial charge in [0.25, 0.3) is 10.0 Å². The van der Waals surface area contributed by atoms with E-state index in [4.69, 9.17) is 0 Å². The summed E-state index contributed by atoms with van der Waals surface area (Å²) in [5.74, 6) is -0.439. The first kappa shape index (κ1) is 22.1. The lowest BCUT2D eigenvalue weighted by molar-refractivity contribution is -0.133. The van der Waals surface area contributed by atoms with Crippen molar-refractivity contribution in [2.24, 2.45) is 0 Å². The van der Waals surface area contributed by atoms with Gasteiger partial charge in [-0.3, -0.25) is 9.52 Å². The van der Waals surface area contributed by atoms with Gasteiger partial charge in [0.05, 0.1) is 11.3 Å². The smallest absolute Gasteiger partial charge is 0.261 e. The maximum absolute atomic E-state index is 13.0. The number of sulfonamides is 1. The van der Waals surface area contributed by atoms with Crippen LogP contribution >= 0.6 is 12.4 Å². The number of amides is 1. The quantitative estimate of drug-likeness (QED) is 0.768. The molecule has 9 heteroatoms. The number of carbonyl (C=O) groups excluding carboxylic acids is 1. The number of carbonyl (C=O) groups is 1. The Bertz CT molecular complexity index is 905. The number of nitrogens with zero attached hydrogens (tertiary/aromatic N) is 1. The number of hydrogen-bond acceptors (Lipinski definition) is 4. The first-order valence-corrected chi connectivity index (χ1v) is 10.2. The summed E-state index contributed by atoms with van der Waals surface area (Å²) in [4.78, 5) is 14.3. The molecule has 1 fully saturated rings. The predicted molar refractivity (Wildman–Crippen MR) is 109 cm³/mol. The minimum Gasteiger partial charge on any atom is -0.337 e. The van der Waals surface area contributed by atoms with E-state index in [2.05, 4.69) is 10.0 Å². The van der Waals surface area contributed by atoms with Gasteiger partial charge in [-0.2, -0.15) is 0 Å². The lowest BCUT2D eigenvalue weighted by Gasteiger charge is -2.34. The Labute approximate surface area is 170 Å². The molecule has 0 spiro atoms. The topological polar surface area (TPSA) is 78.5 Å². The highest BCUT2D eigenvalue weighted by molar-refractivity contribution is 7.92. The zero-order valence-corrected chi connectivity index (χ0v) is 17.0. The van der Waals surface area contributed by atoms with E-state index >= 15 is 0 Å². The number of benzene rings is 2. The summed E-state index contributed by atoms with van der Waals surface area (Å²) in [6, 6.07) is 11.5. The van der Waals surface area contributed by atoms with Gasteiger partial charge in [-0.05, 0) is 48.9 Å². The number of piperazine rings is 1. The SMILES string of the molecule is C[C@@H]1CNCCN1C(=O)Cc1ccc(NS(=O)(=O)c2ccc(F)cc2)cc1.Cl. The molecule has 1 saturated heterocycles. The molecule has 1 aliphatic rings. The molecule has 0 aliphatic carbocycles. The summed E-state index contributed by atoms with van der Waals surface area (Å²) in [7, 11) is -3.79. The fourth-order valence-electron chi connectivity index (χ4n) is 3.01. The van der Waals surface area contributed by atoms with Crippen molar-refractivity contribution in [2.75, 3.05) is 24.4 Å². The third-order valence-corrected chi connectivity index (χ3v) is 5.90. The molecular formula is C19H23ClFN3O3S. The Morgan fingerprint density at radius 1 is 1.18 bits per heavy atom. The molecule has 1 heterocycles. The average Bonchev–Trinajstić information content (AvgIpc) is 2.64. The van der Waals surface area contributed by atoms with Crippen LogP contribution in [0.4, 0.5) is 10.1 Å². The van der Waals surface area contributed by atoms with E-state index < -0.39 is 15.8 Å². The van der Waals surface area contributed by atoms with E-state index in [1.54, 1.807) is 24.3 Å². The van der Waals surface area contributed by atoms with Crippen LogP contribution in [-0.2, 0) is 21.2 Å². The maximum atomic E-state index is 13.0. The van der Waals surface area contributed by atoms with Crippen LogP contribution in [-0.4, -0.2) is 44.9 Å². The van der Waals surface area contributed by atoms with E-state index in [1.807, 2.05) is 11.8 Å². The molecule has 2 aromatic carbocycles. The lowest BCUT2D eigenvalue weighted by atomic mass is 10.1. The van der Waals surface area contributed by atoms with Gasteiger partial charge in [0.15, 0.2) is 0 Å². The van der Waals surface area contributed by atoms with E-state index in [9.17, 15) is 17.6 Å². The first-order chi connectivity index (χ1) is 12.8. The molecule has 0 bridgehead atoms. The Morgan fingerprint density at radius 3 is 2.43 bits per heavy atom. The minimum absolute atomic E-state index is 0. The van der Waals surface area contributed by atoms with E-state index in [0.717, 1.165) is 30.8 Å². The Morgan fingerprint density at radius 2 is 1.82 bits per heavy atom. The molecule has 1 aliphatic heterocycles. The third kappa shape index (κ3) is 5.43. The van der Waals surface area contributed by atoms with E-state index in [0.29, 0.717) is 12.2 Å². The fraction of sp³-hybridized carbons (Fsp3) is 0.316. The summed E-state index contributed by atoms with van der Waals surface area (Å²) >= 11 is 0. The number of hydrogen-bond donors (Lipinski definition) is 2. The van der Waals surface area contributed by atoms with Crippen LogP contribution in [0.15, 0.2) is 53.4 Å². The monoisotopic (exact) mass is 427 g/mol. The fourth-order valence-corrected chi connectivity index (χ4v) is 4.06. The van der Waals surface area contributed by atoms with Crippen molar-refractivity contribution >= 4 is 34.0 Å². The van der Waals surface area contributed by atoms with Gasteiger partial charge in [0.2, 0.25) is 5.91 Å². The summed E-state index contributed by atoms with van der Waals surface area (Å²) in [5, 5.41) is 3.25. The van der Waals surface area contributed by atoms with Crippen LogP contribution in [0.1, 0.15) is 12.5 Å². The van der Waals surface area contributed by atoms with E-state index in [1.165, 1.54) is 12.1 Å². The highest BCUT2D eigenvalue weighted by atomic mass is 35.5. The van der Waals surface area contributed by atoms with Crippen molar-refractivity contribution in [3.05, 3.63) is 59.9 Å². The van der Waals surface area contributed by atoms with Crippen molar-refractivity contribution < 1.29 is 17.6 Å². The average molecular weight is 428 g/mol. The van der Waals surface area contributed by atoms with Gasteiger partial charge in [0, 0.05) is 31.4 Å². The van der Waals surface area contributed by atoms with Crippen molar-refractivity contribution in [1.29, 1.82) is 0 Å². The normalized spacial score (nSPS) is 16.9. The number of rotatable bonds is 5. The molecule has 28 heavy (non-hydrogen) atoms. The zero-order chi connectivity index (χ0) is 19.4. The van der Waals surface area contributed by atoms with Crippen LogP contribution in [0.2, 0.25) is 0 Å². The molecule has 1 amide bonds. The number of nitrogens with one attached hydrogen (secondary N) is 2. The standard InChI is InChI=1S/C19H22FN3O3S.ClH/c1-14-13-21-10-11-23(14)19(24)12-15-2-6-17(7-3-15)22-27(25,26)18-8-4-16(20)5-9-18;/h2-9,14,21-22H,10-13H2,1H3;1H/t14-;/m1./s1. The highest BCUT2D eigenvalue weighted by Gasteiger charge is 2.22. The Hall–Kier alpha value is -2.16. The molecule has 2 aromatic rings. The van der Waals surface area contributed by atoms with Crippen molar-refractivity contribution in [2.45, 2.75) is 24.3 Å². The predicted octanol–water partition coefficient (Wildman–Crippen LogP) is 2.41. The van der Waals surface area contributed by atoms with Crippen molar-refractivity contribution in [1.82, 2.24) is 10.2 Å². The van der Waals surface area contributed by atoms with Crippen LogP contribution < -0.4 is 10.0 Å². The van der Waals surface area contributed by atoms with Crippen molar-refractivity contribution in [3.8, 4) is 0 Å². The molecule has 1 atom stereocenters. The van der Waals surface area contributed by atoms with E-state index in [-0.39, 0.29) is 35.7 Å². The largest absolute Gasteiger partial charge is 0.337 e. The lowest BCUT2D eigenvalue weighted by Crippen LogP contribution is -2.52. The Kier molecular flexibility index (Phi) is 7.40. The second kappa shape index (κ2) is 9.36. The number of anilines is 1. The molecule has 152 valence electrons. The minimum atomic E-state index is -3.79. The molecule has 0 unspecified atom stereocenters. The van der Waals surface area contributed by atoms with Gasteiger partial charge in [-0.25, -0.2) is 12.8 Å². The van der Waals surface area contributed by atoms with Gasteiger partial charge < -0.3 is 10.2 Å². The molecule has 0 aromatic heterocycles.